The maximum absolute atomic E-state index is 12.2. The number of aryl methyl sites for hydroxylation is 1. The van der Waals surface area contributed by atoms with E-state index in [9.17, 15) is 9.59 Å². The lowest BCUT2D eigenvalue weighted by Crippen LogP contribution is -2.45. The highest BCUT2D eigenvalue weighted by molar-refractivity contribution is 5.93. The number of esters is 1. The number of nitrogens with zero attached hydrogens (tertiary/aromatic N) is 2. The molecule has 1 N–H and O–H groups in total. The Morgan fingerprint density at radius 2 is 1.56 bits per heavy atom. The number of hydrogen-bond donors (Lipinski definition) is 1. The predicted octanol–water partition coefficient (Wildman–Crippen LogP) is 4.13. The van der Waals surface area contributed by atoms with E-state index in [1.54, 1.807) is 7.11 Å². The van der Waals surface area contributed by atoms with Gasteiger partial charge in [-0.2, -0.15) is 0 Å². The standard InChI is InChI=1S/C29H33N3O4/c1-35-27-10-6-5-9-24(27)11-16-29(34)36-22-28(33)30-25-12-14-26(15-13-25)32-19-17-31(18-20-32)21-23-7-3-2-4-8-23/h2-10,12-15H,11,16-22H2,1H3,(H,30,33). The summed E-state index contributed by atoms with van der Waals surface area (Å²) < 4.78 is 10.4. The quantitative estimate of drug-likeness (QED) is 0.434. The number of carbonyl (C=O) groups is 2. The number of methoxy groups -OCH3 is 1. The molecule has 0 atom stereocenters. The Kier molecular flexibility index (Phi) is 8.94. The lowest BCUT2D eigenvalue weighted by molar-refractivity contribution is -0.147. The zero-order valence-electron chi connectivity index (χ0n) is 20.7. The van der Waals surface area contributed by atoms with Gasteiger partial charge in [0, 0.05) is 50.5 Å². The summed E-state index contributed by atoms with van der Waals surface area (Å²) in [5.41, 5.74) is 4.08. The number of benzene rings is 3. The fraction of sp³-hybridized carbons (Fsp3) is 0.310. The van der Waals surface area contributed by atoms with E-state index in [1.165, 1.54) is 5.56 Å². The molecule has 0 aromatic heterocycles. The third kappa shape index (κ3) is 7.33. The molecule has 1 saturated heterocycles. The van der Waals surface area contributed by atoms with Crippen LogP contribution in [0.3, 0.4) is 0 Å². The third-order valence-corrected chi connectivity index (χ3v) is 6.29. The summed E-state index contributed by atoms with van der Waals surface area (Å²) >= 11 is 0. The van der Waals surface area contributed by atoms with E-state index in [1.807, 2.05) is 54.6 Å². The predicted molar refractivity (Wildman–Crippen MR) is 141 cm³/mol. The molecule has 36 heavy (non-hydrogen) atoms. The van der Waals surface area contributed by atoms with Gasteiger partial charge in [-0.3, -0.25) is 14.5 Å². The Balaban J connectivity index is 1.17. The van der Waals surface area contributed by atoms with E-state index < -0.39 is 5.97 Å². The second-order valence-electron chi connectivity index (χ2n) is 8.82. The van der Waals surface area contributed by atoms with Crippen molar-refractivity contribution in [1.29, 1.82) is 0 Å². The van der Waals surface area contributed by atoms with Crippen molar-refractivity contribution < 1.29 is 19.1 Å². The van der Waals surface area contributed by atoms with Crippen molar-refractivity contribution in [2.24, 2.45) is 0 Å². The highest BCUT2D eigenvalue weighted by atomic mass is 16.5. The van der Waals surface area contributed by atoms with Gasteiger partial charge in [0.2, 0.25) is 0 Å². The van der Waals surface area contributed by atoms with Gasteiger partial charge in [-0.1, -0.05) is 48.5 Å². The monoisotopic (exact) mass is 487 g/mol. The number of piperazine rings is 1. The second kappa shape index (κ2) is 12.7. The zero-order valence-corrected chi connectivity index (χ0v) is 20.7. The van der Waals surface area contributed by atoms with Crippen molar-refractivity contribution in [3.8, 4) is 5.75 Å². The first-order chi connectivity index (χ1) is 17.6. The molecular weight excluding hydrogens is 454 g/mol. The van der Waals surface area contributed by atoms with E-state index in [0.717, 1.165) is 49.7 Å². The molecule has 0 saturated carbocycles. The summed E-state index contributed by atoms with van der Waals surface area (Å²) in [6.45, 7) is 4.61. The lowest BCUT2D eigenvalue weighted by atomic mass is 10.1. The Morgan fingerprint density at radius 1 is 0.861 bits per heavy atom. The van der Waals surface area contributed by atoms with Gasteiger partial charge in [0.15, 0.2) is 6.61 Å². The molecule has 1 fully saturated rings. The van der Waals surface area contributed by atoms with Crippen LogP contribution in [0.2, 0.25) is 0 Å². The average molecular weight is 488 g/mol. The molecule has 1 amide bonds. The van der Waals surface area contributed by atoms with E-state index in [0.29, 0.717) is 12.1 Å². The summed E-state index contributed by atoms with van der Waals surface area (Å²) in [5, 5.41) is 2.79. The summed E-state index contributed by atoms with van der Waals surface area (Å²) in [4.78, 5) is 29.1. The molecule has 3 aromatic rings. The van der Waals surface area contributed by atoms with E-state index in [2.05, 4.69) is 39.4 Å². The zero-order chi connectivity index (χ0) is 25.2. The van der Waals surface area contributed by atoms with Gasteiger partial charge in [0.25, 0.3) is 5.91 Å². The number of para-hydroxylation sites is 1. The van der Waals surface area contributed by atoms with Crippen molar-refractivity contribution in [3.63, 3.8) is 0 Å². The first-order valence-electron chi connectivity index (χ1n) is 12.3. The fourth-order valence-corrected chi connectivity index (χ4v) is 4.32. The molecular formula is C29H33N3O4. The minimum absolute atomic E-state index is 0.182. The van der Waals surface area contributed by atoms with Crippen LogP contribution >= 0.6 is 0 Å². The first-order valence-corrected chi connectivity index (χ1v) is 12.3. The van der Waals surface area contributed by atoms with Gasteiger partial charge < -0.3 is 19.7 Å². The summed E-state index contributed by atoms with van der Waals surface area (Å²) in [6, 6.07) is 25.9. The SMILES string of the molecule is COc1ccccc1CCC(=O)OCC(=O)Nc1ccc(N2CCN(Cc3ccccc3)CC2)cc1. The summed E-state index contributed by atoms with van der Waals surface area (Å²) in [5.74, 6) is -0.0405. The Bertz CT molecular complexity index is 1130. The Labute approximate surface area is 212 Å². The maximum Gasteiger partial charge on any atom is 0.306 e. The minimum Gasteiger partial charge on any atom is -0.496 e. The lowest BCUT2D eigenvalue weighted by Gasteiger charge is -2.36. The molecule has 3 aromatic carbocycles. The fourth-order valence-electron chi connectivity index (χ4n) is 4.32. The molecule has 1 aliphatic heterocycles. The van der Waals surface area contributed by atoms with Crippen molar-refractivity contribution in [2.45, 2.75) is 19.4 Å². The van der Waals surface area contributed by atoms with E-state index in [-0.39, 0.29) is 18.9 Å². The molecule has 7 heteroatoms. The number of carbonyl (C=O) groups excluding carboxylic acids is 2. The molecule has 188 valence electrons. The van der Waals surface area contributed by atoms with Crippen LogP contribution in [-0.4, -0.2) is 56.7 Å². The topological polar surface area (TPSA) is 71.1 Å². The number of anilines is 2. The smallest absolute Gasteiger partial charge is 0.306 e. The van der Waals surface area contributed by atoms with Crippen LogP contribution in [0.4, 0.5) is 11.4 Å². The van der Waals surface area contributed by atoms with Gasteiger partial charge in [-0.15, -0.1) is 0 Å². The van der Waals surface area contributed by atoms with Crippen molar-refractivity contribution in [3.05, 3.63) is 90.0 Å². The number of ether oxygens (including phenoxy) is 2. The summed E-state index contributed by atoms with van der Waals surface area (Å²) in [7, 11) is 1.60. The Hall–Kier alpha value is -3.84. The largest absolute Gasteiger partial charge is 0.496 e. The number of rotatable bonds is 10. The molecule has 1 heterocycles. The number of nitrogens with one attached hydrogen (secondary N) is 1. The molecule has 0 unspecified atom stereocenters. The number of hydrogen-bond acceptors (Lipinski definition) is 6. The van der Waals surface area contributed by atoms with Crippen LogP contribution in [0, 0.1) is 0 Å². The highest BCUT2D eigenvalue weighted by Gasteiger charge is 2.17. The molecule has 0 radical (unpaired) electrons. The van der Waals surface area contributed by atoms with Crippen LogP contribution in [0.15, 0.2) is 78.9 Å². The van der Waals surface area contributed by atoms with Crippen LogP contribution in [0.5, 0.6) is 5.75 Å². The van der Waals surface area contributed by atoms with Crippen LogP contribution < -0.4 is 15.0 Å². The molecule has 4 rings (SSSR count). The normalized spacial score (nSPS) is 13.8. The van der Waals surface area contributed by atoms with E-state index in [4.69, 9.17) is 9.47 Å². The van der Waals surface area contributed by atoms with E-state index >= 15 is 0 Å². The molecule has 1 aliphatic rings. The average Bonchev–Trinajstić information content (AvgIpc) is 2.92. The van der Waals surface area contributed by atoms with Gasteiger partial charge in [-0.25, -0.2) is 0 Å². The number of amides is 1. The maximum atomic E-state index is 12.2. The Morgan fingerprint density at radius 3 is 2.28 bits per heavy atom. The molecule has 7 nitrogen and oxygen atoms in total. The molecule has 0 spiro atoms. The first kappa shape index (κ1) is 25.3. The van der Waals surface area contributed by atoms with Gasteiger partial charge >= 0.3 is 5.97 Å². The van der Waals surface area contributed by atoms with Crippen LogP contribution in [-0.2, 0) is 27.3 Å². The van der Waals surface area contributed by atoms with Gasteiger partial charge in [0.1, 0.15) is 5.75 Å². The molecule has 0 bridgehead atoms. The molecule has 0 aliphatic carbocycles. The van der Waals surface area contributed by atoms with Crippen molar-refractivity contribution >= 4 is 23.3 Å². The van der Waals surface area contributed by atoms with Crippen LogP contribution in [0.1, 0.15) is 17.5 Å². The highest BCUT2D eigenvalue weighted by Crippen LogP contribution is 2.21. The second-order valence-corrected chi connectivity index (χ2v) is 8.82. The third-order valence-electron chi connectivity index (χ3n) is 6.29. The van der Waals surface area contributed by atoms with Crippen LogP contribution in [0.25, 0.3) is 0 Å². The minimum atomic E-state index is -0.419. The van der Waals surface area contributed by atoms with Crippen molar-refractivity contribution in [2.75, 3.05) is 50.1 Å². The van der Waals surface area contributed by atoms with Gasteiger partial charge in [-0.05, 0) is 47.9 Å². The van der Waals surface area contributed by atoms with Crippen molar-refractivity contribution in [1.82, 2.24) is 4.90 Å². The van der Waals surface area contributed by atoms with Gasteiger partial charge in [0.05, 0.1) is 7.11 Å². The summed E-state index contributed by atoms with van der Waals surface area (Å²) in [6.07, 6.45) is 0.674.